The van der Waals surface area contributed by atoms with Gasteiger partial charge >= 0.3 is 14.8 Å². The van der Waals surface area contributed by atoms with Gasteiger partial charge < -0.3 is 22.8 Å². The predicted molar refractivity (Wildman–Crippen MR) is 88.1 cm³/mol. The molecule has 0 amide bonds. The van der Waals surface area contributed by atoms with E-state index in [1.807, 2.05) is 6.92 Å². The third-order valence-electron chi connectivity index (χ3n) is 3.86. The Kier molecular flexibility index (Phi) is 8.96. The average Bonchev–Trinajstić information content (AvgIpc) is 2.51. The average molecular weight is 353 g/mol. The van der Waals surface area contributed by atoms with E-state index in [2.05, 4.69) is 0 Å². The van der Waals surface area contributed by atoms with Crippen molar-refractivity contribution in [3.8, 4) is 0 Å². The molecule has 0 unspecified atom stereocenters. The van der Waals surface area contributed by atoms with Crippen molar-refractivity contribution in [2.75, 3.05) is 46.0 Å². The molecule has 1 heterocycles. The van der Waals surface area contributed by atoms with E-state index in [1.54, 1.807) is 33.1 Å². The minimum absolute atomic E-state index is 0.132. The summed E-state index contributed by atoms with van der Waals surface area (Å²) in [7, 11) is 2.41. The molecule has 0 saturated carbocycles. The Bertz CT molecular complexity index is 320. The summed E-state index contributed by atoms with van der Waals surface area (Å²) in [6.07, 6.45) is 2.19. The molecular weight excluding hydrogens is 324 g/mol. The van der Waals surface area contributed by atoms with Crippen LogP contribution in [0.2, 0.25) is 6.04 Å². The first-order valence-corrected chi connectivity index (χ1v) is 10.7. The molecule has 22 heavy (non-hydrogen) atoms. The lowest BCUT2D eigenvalue weighted by Crippen LogP contribution is -2.52. The molecular formula is C14H28O6SSi. The van der Waals surface area contributed by atoms with Gasteiger partial charge in [0.1, 0.15) is 0 Å². The Labute approximate surface area is 138 Å². The number of esters is 1. The van der Waals surface area contributed by atoms with E-state index in [4.69, 9.17) is 22.8 Å². The summed E-state index contributed by atoms with van der Waals surface area (Å²) in [5, 5.41) is 0. The largest absolute Gasteiger partial charge is 0.500 e. The van der Waals surface area contributed by atoms with Crippen molar-refractivity contribution in [1.29, 1.82) is 0 Å². The minimum Gasteiger partial charge on any atom is -0.454 e. The highest BCUT2D eigenvalue weighted by atomic mass is 32.2. The Hall–Kier alpha value is -0.123. The normalized spacial score (nSPS) is 17.1. The summed E-state index contributed by atoms with van der Waals surface area (Å²) in [4.78, 5) is 11.8. The van der Waals surface area contributed by atoms with E-state index in [9.17, 15) is 4.79 Å². The Balaban J connectivity index is 2.09. The number of thioether (sulfide) groups is 1. The predicted octanol–water partition coefficient (Wildman–Crippen LogP) is 2.10. The van der Waals surface area contributed by atoms with Gasteiger partial charge in [-0.05, 0) is 18.6 Å². The number of carbonyl (C=O) groups is 1. The summed E-state index contributed by atoms with van der Waals surface area (Å²) in [5.41, 5.74) is -0.359. The van der Waals surface area contributed by atoms with Crippen LogP contribution in [0.25, 0.3) is 0 Å². The van der Waals surface area contributed by atoms with Gasteiger partial charge in [0.15, 0.2) is 5.60 Å². The van der Waals surface area contributed by atoms with Crippen LogP contribution in [0.15, 0.2) is 0 Å². The quantitative estimate of drug-likeness (QED) is 0.303. The number of ether oxygens (including phenoxy) is 2. The van der Waals surface area contributed by atoms with Crippen LogP contribution in [0.1, 0.15) is 26.2 Å². The van der Waals surface area contributed by atoms with Gasteiger partial charge in [-0.25, -0.2) is 0 Å². The topological polar surface area (TPSA) is 63.2 Å². The summed E-state index contributed by atoms with van der Waals surface area (Å²) in [5.74, 6) is 1.58. The molecule has 1 saturated heterocycles. The maximum atomic E-state index is 11.8. The third kappa shape index (κ3) is 5.82. The van der Waals surface area contributed by atoms with Gasteiger partial charge in [-0.2, -0.15) is 11.8 Å². The van der Waals surface area contributed by atoms with Gasteiger partial charge in [-0.3, -0.25) is 4.79 Å². The third-order valence-corrected chi connectivity index (χ3v) is 7.76. The number of hydrogen-bond donors (Lipinski definition) is 0. The number of rotatable bonds is 12. The second-order valence-corrected chi connectivity index (χ2v) is 9.58. The zero-order valence-corrected chi connectivity index (χ0v) is 15.8. The summed E-state index contributed by atoms with van der Waals surface area (Å²) in [6, 6.07) is 0.782. The maximum absolute atomic E-state index is 11.8. The Morgan fingerprint density at radius 3 is 2.27 bits per heavy atom. The van der Waals surface area contributed by atoms with Crippen molar-refractivity contribution < 1.29 is 27.5 Å². The van der Waals surface area contributed by atoms with E-state index < -0.39 is 8.80 Å². The number of carbonyl (C=O) groups excluding carboxylic acids is 1. The van der Waals surface area contributed by atoms with Gasteiger partial charge in [0.25, 0.3) is 0 Å². The molecule has 0 aromatic carbocycles. The zero-order chi connectivity index (χ0) is 16.5. The minimum atomic E-state index is -2.45. The molecule has 1 aliphatic heterocycles. The monoisotopic (exact) mass is 352 g/mol. The fourth-order valence-corrected chi connectivity index (χ4v) is 5.00. The lowest BCUT2D eigenvalue weighted by atomic mass is 9.99. The van der Waals surface area contributed by atoms with Crippen molar-refractivity contribution >= 4 is 26.5 Å². The van der Waals surface area contributed by atoms with Gasteiger partial charge in [0.05, 0.1) is 19.6 Å². The second-order valence-electron chi connectivity index (χ2n) is 5.26. The number of hydrogen-bond acceptors (Lipinski definition) is 7. The van der Waals surface area contributed by atoms with Crippen LogP contribution in [0, 0.1) is 0 Å². The first kappa shape index (κ1) is 19.9. The van der Waals surface area contributed by atoms with Gasteiger partial charge in [0.2, 0.25) is 0 Å². The lowest BCUT2D eigenvalue weighted by molar-refractivity contribution is -0.213. The van der Waals surface area contributed by atoms with Crippen LogP contribution in [0.3, 0.4) is 0 Å². The molecule has 0 spiro atoms. The fourth-order valence-electron chi connectivity index (χ4n) is 2.16. The molecule has 8 heteroatoms. The van der Waals surface area contributed by atoms with Crippen LogP contribution in [-0.2, 0) is 27.5 Å². The molecule has 1 fully saturated rings. The van der Waals surface area contributed by atoms with E-state index in [1.165, 1.54) is 0 Å². The van der Waals surface area contributed by atoms with E-state index in [-0.39, 0.29) is 11.6 Å². The summed E-state index contributed by atoms with van der Waals surface area (Å²) in [6.45, 7) is 3.07. The smallest absolute Gasteiger partial charge is 0.454 e. The fraction of sp³-hybridized carbons (Fsp3) is 0.929. The first-order chi connectivity index (χ1) is 10.6. The van der Waals surface area contributed by atoms with Gasteiger partial charge in [-0.1, -0.05) is 6.92 Å². The molecule has 0 aliphatic carbocycles. The van der Waals surface area contributed by atoms with E-state index in [0.717, 1.165) is 30.4 Å². The highest BCUT2D eigenvalue weighted by molar-refractivity contribution is 7.99. The van der Waals surface area contributed by atoms with E-state index >= 15 is 0 Å². The molecule has 1 aliphatic rings. The van der Waals surface area contributed by atoms with Crippen LogP contribution >= 0.6 is 11.8 Å². The van der Waals surface area contributed by atoms with Crippen LogP contribution in [-0.4, -0.2) is 66.4 Å². The zero-order valence-electron chi connectivity index (χ0n) is 14.0. The molecule has 6 nitrogen and oxygen atoms in total. The van der Waals surface area contributed by atoms with Crippen molar-refractivity contribution in [2.45, 2.75) is 37.8 Å². The molecule has 1 rings (SSSR count). The Morgan fingerprint density at radius 1 is 1.18 bits per heavy atom. The molecule has 0 aromatic rings. The first-order valence-electron chi connectivity index (χ1n) is 7.58. The summed E-state index contributed by atoms with van der Waals surface area (Å²) < 4.78 is 26.7. The lowest BCUT2D eigenvalue weighted by Gasteiger charge is -2.39. The molecule has 130 valence electrons. The highest BCUT2D eigenvalue weighted by Gasteiger charge is 2.40. The maximum Gasteiger partial charge on any atom is 0.500 e. The van der Waals surface area contributed by atoms with E-state index in [0.29, 0.717) is 19.6 Å². The molecule has 0 radical (unpaired) electrons. The van der Waals surface area contributed by atoms with Crippen molar-refractivity contribution in [1.82, 2.24) is 0 Å². The van der Waals surface area contributed by atoms with Gasteiger partial charge in [-0.15, -0.1) is 0 Å². The van der Waals surface area contributed by atoms with Crippen molar-refractivity contribution in [3.63, 3.8) is 0 Å². The van der Waals surface area contributed by atoms with Gasteiger partial charge in [0, 0.05) is 33.1 Å². The van der Waals surface area contributed by atoms with Crippen LogP contribution in [0.5, 0.6) is 0 Å². The molecule has 0 bridgehead atoms. The molecule has 0 N–H and O–H groups in total. The second kappa shape index (κ2) is 9.89. The van der Waals surface area contributed by atoms with Crippen molar-refractivity contribution in [3.05, 3.63) is 0 Å². The standard InChI is InChI=1S/C14H28O6SSi/c1-5-14(11-19-12-14)20-13(15)7-9-21-8-6-10-22(16-2,17-3)18-4/h5-12H2,1-4H3. The molecule has 0 aromatic heterocycles. The highest BCUT2D eigenvalue weighted by Crippen LogP contribution is 2.26. The SMILES string of the molecule is CCC1(OC(=O)CCSCCC[Si](OC)(OC)OC)COC1. The van der Waals surface area contributed by atoms with Crippen LogP contribution in [0.4, 0.5) is 0 Å². The van der Waals surface area contributed by atoms with Crippen molar-refractivity contribution in [2.24, 2.45) is 0 Å². The Morgan fingerprint density at radius 2 is 1.82 bits per heavy atom. The summed E-state index contributed by atoms with van der Waals surface area (Å²) >= 11 is 1.74. The molecule has 0 atom stereocenters. The van der Waals surface area contributed by atoms with Crippen LogP contribution < -0.4 is 0 Å².